The predicted octanol–water partition coefficient (Wildman–Crippen LogP) is 2.88. The first kappa shape index (κ1) is 18.3. The standard InChI is InChI=1S/C17H18BrN5O3/c18-12-1-3-13(4-2-12)21-17(24)11-22-8-7-14(10-22)20-16-6-5-15(9-19-16)23(25)26/h1-6,9,14H,7-8,10-11H2,(H,19,20)(H,21,24). The first-order valence-corrected chi connectivity index (χ1v) is 8.93. The summed E-state index contributed by atoms with van der Waals surface area (Å²) in [7, 11) is 0. The number of amides is 1. The Morgan fingerprint density at radius 1 is 1.31 bits per heavy atom. The quantitative estimate of drug-likeness (QED) is 0.551. The maximum Gasteiger partial charge on any atom is 0.287 e. The molecule has 1 amide bonds. The van der Waals surface area contributed by atoms with Crippen molar-refractivity contribution in [3.63, 3.8) is 0 Å². The summed E-state index contributed by atoms with van der Waals surface area (Å²) in [5, 5.41) is 16.8. The van der Waals surface area contributed by atoms with Crippen molar-refractivity contribution in [1.29, 1.82) is 0 Å². The van der Waals surface area contributed by atoms with E-state index < -0.39 is 4.92 Å². The van der Waals surface area contributed by atoms with Gasteiger partial charge in [0.2, 0.25) is 5.91 Å². The van der Waals surface area contributed by atoms with Crippen LogP contribution in [-0.2, 0) is 4.79 Å². The van der Waals surface area contributed by atoms with Gasteiger partial charge in [-0.3, -0.25) is 19.8 Å². The molecule has 0 bridgehead atoms. The summed E-state index contributed by atoms with van der Waals surface area (Å²) in [6.07, 6.45) is 2.12. The van der Waals surface area contributed by atoms with Crippen LogP contribution in [0.2, 0.25) is 0 Å². The number of nitrogens with zero attached hydrogens (tertiary/aromatic N) is 3. The van der Waals surface area contributed by atoms with E-state index in [0.29, 0.717) is 18.9 Å². The van der Waals surface area contributed by atoms with E-state index in [4.69, 9.17) is 0 Å². The molecule has 0 spiro atoms. The molecule has 9 heteroatoms. The summed E-state index contributed by atoms with van der Waals surface area (Å²) >= 11 is 3.36. The molecule has 1 aliphatic heterocycles. The van der Waals surface area contributed by atoms with Gasteiger partial charge in [-0.05, 0) is 36.8 Å². The highest BCUT2D eigenvalue weighted by atomic mass is 79.9. The minimum absolute atomic E-state index is 0.0341. The van der Waals surface area contributed by atoms with Crippen molar-refractivity contribution >= 4 is 39.0 Å². The van der Waals surface area contributed by atoms with Gasteiger partial charge in [-0.2, -0.15) is 0 Å². The first-order chi connectivity index (χ1) is 12.5. The summed E-state index contributed by atoms with van der Waals surface area (Å²) in [6, 6.07) is 10.6. The van der Waals surface area contributed by atoms with Crippen LogP contribution in [0.4, 0.5) is 17.2 Å². The zero-order chi connectivity index (χ0) is 18.5. The molecule has 1 fully saturated rings. The molecule has 2 aromatic rings. The third-order valence-electron chi connectivity index (χ3n) is 4.08. The number of halogens is 1. The molecule has 0 aliphatic carbocycles. The van der Waals surface area contributed by atoms with Gasteiger partial charge >= 0.3 is 0 Å². The lowest BCUT2D eigenvalue weighted by Crippen LogP contribution is -2.33. The molecule has 0 saturated carbocycles. The Labute approximate surface area is 158 Å². The Balaban J connectivity index is 1.46. The van der Waals surface area contributed by atoms with E-state index in [1.807, 2.05) is 24.3 Å². The fourth-order valence-electron chi connectivity index (χ4n) is 2.82. The van der Waals surface area contributed by atoms with Crippen molar-refractivity contribution in [1.82, 2.24) is 9.88 Å². The molecule has 2 N–H and O–H groups in total. The van der Waals surface area contributed by atoms with E-state index in [-0.39, 0.29) is 17.6 Å². The molecule has 1 atom stereocenters. The summed E-state index contributed by atoms with van der Waals surface area (Å²) in [4.78, 5) is 28.5. The third-order valence-corrected chi connectivity index (χ3v) is 4.61. The highest BCUT2D eigenvalue weighted by molar-refractivity contribution is 9.10. The number of hydrogen-bond acceptors (Lipinski definition) is 6. The number of nitrogens with one attached hydrogen (secondary N) is 2. The van der Waals surface area contributed by atoms with E-state index in [1.54, 1.807) is 6.07 Å². The van der Waals surface area contributed by atoms with Gasteiger partial charge in [-0.25, -0.2) is 4.98 Å². The molecular weight excluding hydrogens is 402 g/mol. The van der Waals surface area contributed by atoms with Gasteiger partial charge in [-0.1, -0.05) is 15.9 Å². The van der Waals surface area contributed by atoms with Crippen LogP contribution in [0.15, 0.2) is 47.1 Å². The van der Waals surface area contributed by atoms with Gasteiger partial charge in [0, 0.05) is 35.4 Å². The van der Waals surface area contributed by atoms with E-state index in [1.165, 1.54) is 12.3 Å². The Bertz CT molecular complexity index is 782. The van der Waals surface area contributed by atoms with Gasteiger partial charge in [-0.15, -0.1) is 0 Å². The third kappa shape index (κ3) is 4.99. The molecule has 2 heterocycles. The van der Waals surface area contributed by atoms with Crippen molar-refractivity contribution in [2.24, 2.45) is 0 Å². The minimum Gasteiger partial charge on any atom is -0.366 e. The minimum atomic E-state index is -0.474. The number of pyridine rings is 1. The van der Waals surface area contributed by atoms with E-state index in [0.717, 1.165) is 23.1 Å². The Morgan fingerprint density at radius 2 is 2.08 bits per heavy atom. The van der Waals surface area contributed by atoms with Crippen LogP contribution in [-0.4, -0.2) is 46.4 Å². The number of likely N-dealkylation sites (tertiary alicyclic amines) is 1. The number of carbonyl (C=O) groups is 1. The predicted molar refractivity (Wildman–Crippen MR) is 102 cm³/mol. The summed E-state index contributed by atoms with van der Waals surface area (Å²) in [5.74, 6) is 0.545. The average Bonchev–Trinajstić information content (AvgIpc) is 3.04. The molecule has 8 nitrogen and oxygen atoms in total. The second-order valence-corrected chi connectivity index (χ2v) is 6.99. The summed E-state index contributed by atoms with van der Waals surface area (Å²) < 4.78 is 0.962. The van der Waals surface area contributed by atoms with Crippen molar-refractivity contribution in [3.05, 3.63) is 57.2 Å². The van der Waals surface area contributed by atoms with Crippen LogP contribution >= 0.6 is 15.9 Å². The first-order valence-electron chi connectivity index (χ1n) is 8.14. The number of hydrogen-bond donors (Lipinski definition) is 2. The lowest BCUT2D eigenvalue weighted by molar-refractivity contribution is -0.385. The molecule has 1 saturated heterocycles. The SMILES string of the molecule is O=C(CN1CCC(Nc2ccc([N+](=O)[O-])cn2)C1)Nc1ccc(Br)cc1. The van der Waals surface area contributed by atoms with Crippen LogP contribution < -0.4 is 10.6 Å². The number of nitro groups is 1. The molecule has 26 heavy (non-hydrogen) atoms. The highest BCUT2D eigenvalue weighted by Crippen LogP contribution is 2.17. The molecule has 1 unspecified atom stereocenters. The van der Waals surface area contributed by atoms with Crippen molar-refractivity contribution in [2.75, 3.05) is 30.3 Å². The normalized spacial score (nSPS) is 17.0. The molecule has 136 valence electrons. The van der Waals surface area contributed by atoms with Crippen LogP contribution in [0.25, 0.3) is 0 Å². The summed E-state index contributed by atoms with van der Waals surface area (Å²) in [6.45, 7) is 1.84. The lowest BCUT2D eigenvalue weighted by atomic mass is 10.2. The summed E-state index contributed by atoms with van der Waals surface area (Å²) in [5.41, 5.74) is 0.732. The van der Waals surface area contributed by atoms with Crippen LogP contribution in [0.5, 0.6) is 0 Å². The number of aromatic nitrogens is 1. The average molecular weight is 420 g/mol. The van der Waals surface area contributed by atoms with Crippen LogP contribution in [0, 0.1) is 10.1 Å². The van der Waals surface area contributed by atoms with Gasteiger partial charge < -0.3 is 10.6 Å². The highest BCUT2D eigenvalue weighted by Gasteiger charge is 2.24. The monoisotopic (exact) mass is 419 g/mol. The lowest BCUT2D eigenvalue weighted by Gasteiger charge is -2.16. The van der Waals surface area contributed by atoms with Gasteiger partial charge in [0.05, 0.1) is 11.5 Å². The van der Waals surface area contributed by atoms with Crippen molar-refractivity contribution in [2.45, 2.75) is 12.5 Å². The molecule has 1 aromatic carbocycles. The fourth-order valence-corrected chi connectivity index (χ4v) is 3.08. The largest absolute Gasteiger partial charge is 0.366 e. The molecule has 3 rings (SSSR count). The Morgan fingerprint density at radius 3 is 2.73 bits per heavy atom. The second kappa shape index (κ2) is 8.24. The Hall–Kier alpha value is -2.52. The van der Waals surface area contributed by atoms with Gasteiger partial charge in [0.1, 0.15) is 12.0 Å². The van der Waals surface area contributed by atoms with Crippen molar-refractivity contribution in [3.8, 4) is 0 Å². The van der Waals surface area contributed by atoms with Crippen molar-refractivity contribution < 1.29 is 9.72 Å². The van der Waals surface area contributed by atoms with Crippen LogP contribution in [0.3, 0.4) is 0 Å². The molecule has 1 aromatic heterocycles. The second-order valence-electron chi connectivity index (χ2n) is 6.08. The van der Waals surface area contributed by atoms with E-state index in [9.17, 15) is 14.9 Å². The van der Waals surface area contributed by atoms with Crippen LogP contribution in [0.1, 0.15) is 6.42 Å². The maximum absolute atomic E-state index is 12.2. The fraction of sp³-hybridized carbons (Fsp3) is 0.294. The topological polar surface area (TPSA) is 100 Å². The number of anilines is 2. The van der Waals surface area contributed by atoms with Gasteiger partial charge in [0.15, 0.2) is 0 Å². The smallest absolute Gasteiger partial charge is 0.287 e. The van der Waals surface area contributed by atoms with Gasteiger partial charge in [0.25, 0.3) is 5.69 Å². The zero-order valence-corrected chi connectivity index (χ0v) is 15.5. The number of carbonyl (C=O) groups excluding carboxylic acids is 1. The Kier molecular flexibility index (Phi) is 5.79. The van der Waals surface area contributed by atoms with E-state index >= 15 is 0 Å². The molecule has 1 aliphatic rings. The zero-order valence-electron chi connectivity index (χ0n) is 13.9. The number of benzene rings is 1. The molecule has 0 radical (unpaired) electrons. The molecular formula is C17H18BrN5O3. The number of rotatable bonds is 6. The maximum atomic E-state index is 12.2. The van der Waals surface area contributed by atoms with E-state index in [2.05, 4.69) is 36.4 Å².